The fraction of sp³-hybridized carbons (Fsp3) is 0.308. The first-order valence-corrected chi connectivity index (χ1v) is 13.5. The number of hydrogen-bond donors (Lipinski definition) is 1. The number of benzene rings is 2. The van der Waals surface area contributed by atoms with Crippen molar-refractivity contribution in [3.8, 4) is 16.9 Å². The molecule has 4 aromatic rings. The highest BCUT2D eigenvalue weighted by molar-refractivity contribution is 7.93. The van der Waals surface area contributed by atoms with Crippen molar-refractivity contribution in [2.45, 2.75) is 30.7 Å². The Balaban J connectivity index is 1.60. The van der Waals surface area contributed by atoms with Crippen molar-refractivity contribution in [1.82, 2.24) is 14.4 Å². The molecular formula is C26H27FN4O3S. The van der Waals surface area contributed by atoms with Crippen LogP contribution in [0.2, 0.25) is 0 Å². The molecule has 1 aliphatic heterocycles. The lowest BCUT2D eigenvalue weighted by atomic mass is 10.00. The van der Waals surface area contributed by atoms with Crippen molar-refractivity contribution in [1.29, 1.82) is 0 Å². The van der Waals surface area contributed by atoms with Crippen molar-refractivity contribution < 1.29 is 18.4 Å². The molecule has 1 aliphatic rings. The van der Waals surface area contributed by atoms with E-state index in [1.807, 2.05) is 34.7 Å². The van der Waals surface area contributed by atoms with Gasteiger partial charge >= 0.3 is 0 Å². The van der Waals surface area contributed by atoms with Crippen molar-refractivity contribution in [2.24, 2.45) is 4.36 Å². The van der Waals surface area contributed by atoms with Crippen molar-refractivity contribution >= 4 is 15.2 Å². The molecule has 9 heteroatoms. The highest BCUT2D eigenvalue weighted by Crippen LogP contribution is 2.32. The lowest BCUT2D eigenvalue weighted by molar-refractivity contribution is 0.291. The van der Waals surface area contributed by atoms with E-state index in [9.17, 15) is 8.60 Å². The SMILES string of the molecule is CS(=O)(=NCCCO)c1ncn2c(CCc3c(F)ccc4c3CCO4)ncc(-c3ccccc3)c12. The zero-order valence-corrected chi connectivity index (χ0v) is 20.3. The van der Waals surface area contributed by atoms with Gasteiger partial charge in [-0.3, -0.25) is 4.40 Å². The monoisotopic (exact) mass is 494 g/mol. The van der Waals surface area contributed by atoms with Crippen molar-refractivity contribution in [3.05, 3.63) is 77.8 Å². The van der Waals surface area contributed by atoms with Crippen LogP contribution in [-0.4, -0.2) is 49.7 Å². The number of aromatic nitrogens is 3. The second-order valence-electron chi connectivity index (χ2n) is 8.56. The molecular weight excluding hydrogens is 467 g/mol. The smallest absolute Gasteiger partial charge is 0.161 e. The maximum atomic E-state index is 14.7. The van der Waals surface area contributed by atoms with E-state index in [1.54, 1.807) is 24.8 Å². The number of hydrogen-bond acceptors (Lipinski definition) is 6. The number of rotatable bonds is 8. The number of halogens is 1. The molecule has 2 aromatic carbocycles. The molecule has 0 saturated carbocycles. The number of imidazole rings is 1. The maximum Gasteiger partial charge on any atom is 0.161 e. The Morgan fingerprint density at radius 2 is 2.00 bits per heavy atom. The van der Waals surface area contributed by atoms with Crippen LogP contribution in [0.1, 0.15) is 23.4 Å². The minimum atomic E-state index is -2.82. The Kier molecular flexibility index (Phi) is 6.53. The maximum absolute atomic E-state index is 14.7. The lowest BCUT2D eigenvalue weighted by Crippen LogP contribution is -2.07. The molecule has 0 fully saturated rings. The zero-order valence-electron chi connectivity index (χ0n) is 19.5. The zero-order chi connectivity index (χ0) is 24.4. The molecule has 7 nitrogen and oxygen atoms in total. The van der Waals surface area contributed by atoms with Crippen LogP contribution in [0.3, 0.4) is 0 Å². The second kappa shape index (κ2) is 9.75. The fourth-order valence-corrected chi connectivity index (χ4v) is 5.93. The normalized spacial score (nSPS) is 14.5. The Labute approximate surface area is 203 Å². The third kappa shape index (κ3) is 4.53. The molecule has 5 rings (SSSR count). The molecule has 1 atom stereocenters. The molecule has 0 aliphatic carbocycles. The average Bonchev–Trinajstić information content (AvgIpc) is 3.52. The molecule has 0 spiro atoms. The summed E-state index contributed by atoms with van der Waals surface area (Å²) < 4.78 is 40.1. The van der Waals surface area contributed by atoms with Crippen LogP contribution < -0.4 is 4.74 Å². The van der Waals surface area contributed by atoms with Crippen LogP contribution in [0.25, 0.3) is 16.6 Å². The van der Waals surface area contributed by atoms with E-state index in [0.717, 1.165) is 22.4 Å². The topological polar surface area (TPSA) is 89.1 Å². The summed E-state index contributed by atoms with van der Waals surface area (Å²) in [4.78, 5) is 9.23. The van der Waals surface area contributed by atoms with Gasteiger partial charge in [0.2, 0.25) is 0 Å². The predicted molar refractivity (Wildman–Crippen MR) is 133 cm³/mol. The third-order valence-electron chi connectivity index (χ3n) is 6.25. The van der Waals surface area contributed by atoms with Gasteiger partial charge in [-0.1, -0.05) is 30.3 Å². The number of aliphatic hydroxyl groups is 1. The van der Waals surface area contributed by atoms with Crippen LogP contribution in [0.15, 0.2) is 64.4 Å². The summed E-state index contributed by atoms with van der Waals surface area (Å²) >= 11 is 0. The first-order valence-electron chi connectivity index (χ1n) is 11.6. The van der Waals surface area contributed by atoms with Crippen LogP contribution in [0.5, 0.6) is 5.75 Å². The number of ether oxygens (including phenoxy) is 1. The van der Waals surface area contributed by atoms with Gasteiger partial charge in [0, 0.05) is 43.0 Å². The van der Waals surface area contributed by atoms with E-state index < -0.39 is 9.73 Å². The summed E-state index contributed by atoms with van der Waals surface area (Å²) in [7, 11) is -2.82. The first kappa shape index (κ1) is 23.4. The summed E-state index contributed by atoms with van der Waals surface area (Å²) in [5, 5.41) is 9.50. The number of aliphatic hydroxyl groups excluding tert-OH is 1. The molecule has 1 N–H and O–H groups in total. The molecule has 2 aromatic heterocycles. The van der Waals surface area contributed by atoms with Gasteiger partial charge in [0.25, 0.3) is 0 Å². The lowest BCUT2D eigenvalue weighted by Gasteiger charge is -2.12. The number of nitrogens with zero attached hydrogens (tertiary/aromatic N) is 4. The largest absolute Gasteiger partial charge is 0.493 e. The highest BCUT2D eigenvalue weighted by Gasteiger charge is 2.22. The van der Waals surface area contributed by atoms with Gasteiger partial charge in [0.1, 0.15) is 23.7 Å². The summed E-state index contributed by atoms with van der Waals surface area (Å²) in [5.74, 6) is 1.20. The minimum absolute atomic E-state index is 0.0168. The Hall–Kier alpha value is -3.30. The molecule has 182 valence electrons. The van der Waals surface area contributed by atoms with Gasteiger partial charge in [-0.15, -0.1) is 0 Å². The van der Waals surface area contributed by atoms with Gasteiger partial charge in [0.05, 0.1) is 28.4 Å². The highest BCUT2D eigenvalue weighted by atomic mass is 32.2. The standard InChI is InChI=1S/C26H27FN4O3S/c1-35(33,30-13-5-14-32)26-25-21(18-6-3-2-4-7-18)16-28-24(31(25)17-29-26)11-8-19-20-12-15-34-23(20)10-9-22(19)27/h2-4,6-7,9-10,16-17,32H,5,8,11-15H2,1H3. The predicted octanol–water partition coefficient (Wildman–Crippen LogP) is 4.09. The van der Waals surface area contributed by atoms with Gasteiger partial charge < -0.3 is 9.84 Å². The van der Waals surface area contributed by atoms with E-state index in [0.29, 0.717) is 54.2 Å². The number of fused-ring (bicyclic) bond motifs is 2. The second-order valence-corrected chi connectivity index (χ2v) is 10.8. The van der Waals surface area contributed by atoms with E-state index in [2.05, 4.69) is 9.35 Å². The Bertz CT molecular complexity index is 1490. The van der Waals surface area contributed by atoms with Crippen LogP contribution >= 0.6 is 0 Å². The quantitative estimate of drug-likeness (QED) is 0.373. The molecule has 0 saturated heterocycles. The van der Waals surface area contributed by atoms with Crippen LogP contribution in [0, 0.1) is 5.82 Å². The summed E-state index contributed by atoms with van der Waals surface area (Å²) in [5.41, 5.74) is 3.99. The van der Waals surface area contributed by atoms with Gasteiger partial charge in [-0.2, -0.15) is 0 Å². The van der Waals surface area contributed by atoms with Crippen molar-refractivity contribution in [3.63, 3.8) is 0 Å². The molecule has 3 heterocycles. The molecule has 35 heavy (non-hydrogen) atoms. The van der Waals surface area contributed by atoms with Gasteiger partial charge in [-0.25, -0.2) is 22.9 Å². The summed E-state index contributed by atoms with van der Waals surface area (Å²) in [6.45, 7) is 0.830. The average molecular weight is 495 g/mol. The first-order chi connectivity index (χ1) is 17.0. The van der Waals surface area contributed by atoms with E-state index in [-0.39, 0.29) is 19.0 Å². The van der Waals surface area contributed by atoms with E-state index in [4.69, 9.17) is 14.8 Å². The van der Waals surface area contributed by atoms with Crippen LogP contribution in [-0.2, 0) is 29.0 Å². The third-order valence-corrected chi connectivity index (χ3v) is 7.94. The molecule has 0 amide bonds. The van der Waals surface area contributed by atoms with E-state index >= 15 is 0 Å². The Morgan fingerprint density at radius 3 is 2.80 bits per heavy atom. The Morgan fingerprint density at radius 1 is 1.17 bits per heavy atom. The summed E-state index contributed by atoms with van der Waals surface area (Å²) in [6, 6.07) is 12.9. The number of aryl methyl sites for hydroxylation is 1. The van der Waals surface area contributed by atoms with Gasteiger partial charge in [0.15, 0.2) is 5.03 Å². The minimum Gasteiger partial charge on any atom is -0.493 e. The van der Waals surface area contributed by atoms with Gasteiger partial charge in [-0.05, 0) is 36.1 Å². The molecule has 1 unspecified atom stereocenters. The van der Waals surface area contributed by atoms with Crippen molar-refractivity contribution in [2.75, 3.05) is 26.0 Å². The summed E-state index contributed by atoms with van der Waals surface area (Å²) in [6.07, 6.45) is 7.03. The fourth-order valence-electron chi connectivity index (χ4n) is 4.52. The molecule has 0 radical (unpaired) electrons. The van der Waals surface area contributed by atoms with Crippen LogP contribution in [0.4, 0.5) is 4.39 Å². The molecule has 0 bridgehead atoms. The van der Waals surface area contributed by atoms with E-state index in [1.165, 1.54) is 6.07 Å².